The summed E-state index contributed by atoms with van der Waals surface area (Å²) in [5.41, 5.74) is 0.535. The van der Waals surface area contributed by atoms with Crippen LogP contribution in [0, 0.1) is 0 Å². The van der Waals surface area contributed by atoms with E-state index in [0.717, 1.165) is 6.54 Å². The van der Waals surface area contributed by atoms with Crippen molar-refractivity contribution < 1.29 is 9.90 Å². The van der Waals surface area contributed by atoms with Gasteiger partial charge in [0.2, 0.25) is 0 Å². The van der Waals surface area contributed by atoms with E-state index in [1.54, 1.807) is 19.3 Å². The number of likely N-dealkylation sites (tertiary alicyclic amines) is 1. The first-order valence-electron chi connectivity index (χ1n) is 5.71. The lowest BCUT2D eigenvalue weighted by atomic mass is 10.0. The molecule has 0 aromatic carbocycles. The molecule has 2 heterocycles. The molecule has 1 amide bonds. The van der Waals surface area contributed by atoms with Crippen molar-refractivity contribution in [1.82, 2.24) is 20.0 Å². The van der Waals surface area contributed by atoms with Crippen molar-refractivity contribution in [1.29, 1.82) is 0 Å². The molecule has 0 saturated carbocycles. The Morgan fingerprint density at radius 3 is 2.88 bits per heavy atom. The average Bonchev–Trinajstić information content (AvgIpc) is 2.62. The minimum Gasteiger partial charge on any atom is -0.392 e. The van der Waals surface area contributed by atoms with Crippen LogP contribution in [0.3, 0.4) is 0 Å². The van der Waals surface area contributed by atoms with Crippen molar-refractivity contribution in [3.05, 3.63) is 18.0 Å². The number of amides is 1. The number of nitrogens with one attached hydrogen (secondary N) is 1. The maximum atomic E-state index is 11.9. The zero-order valence-electron chi connectivity index (χ0n) is 10.1. The number of hydrogen-bond acceptors (Lipinski definition) is 4. The Bertz CT molecular complexity index is 394. The molecule has 2 unspecified atom stereocenters. The predicted octanol–water partition coefficient (Wildman–Crippen LogP) is -0.785. The number of aliphatic hydroxyl groups excluding tert-OH is 1. The van der Waals surface area contributed by atoms with Gasteiger partial charge < -0.3 is 15.3 Å². The van der Waals surface area contributed by atoms with E-state index >= 15 is 0 Å². The van der Waals surface area contributed by atoms with E-state index in [1.807, 2.05) is 11.9 Å². The molecule has 1 aliphatic rings. The van der Waals surface area contributed by atoms with E-state index in [0.29, 0.717) is 18.7 Å². The van der Waals surface area contributed by atoms with Crippen molar-refractivity contribution in [3.63, 3.8) is 0 Å². The van der Waals surface area contributed by atoms with Gasteiger partial charge in [-0.25, -0.2) is 0 Å². The summed E-state index contributed by atoms with van der Waals surface area (Å²) in [4.78, 5) is 14.0. The highest BCUT2D eigenvalue weighted by Gasteiger charge is 2.25. The lowest BCUT2D eigenvalue weighted by Crippen LogP contribution is -2.51. The number of aryl methyl sites for hydroxylation is 1. The van der Waals surface area contributed by atoms with E-state index in [4.69, 9.17) is 0 Å². The van der Waals surface area contributed by atoms with Gasteiger partial charge in [-0.05, 0) is 19.5 Å². The minimum absolute atomic E-state index is 0.00819. The molecule has 94 valence electrons. The fraction of sp³-hybridized carbons (Fsp3) is 0.636. The van der Waals surface area contributed by atoms with Gasteiger partial charge in [0.05, 0.1) is 6.10 Å². The number of rotatable bonds is 2. The number of carbonyl (C=O) groups excluding carboxylic acids is 1. The number of piperidine rings is 1. The number of β-amino-alcohol motifs (C(OH)–C–C–N with tert-alkyl or cyclic N) is 1. The molecule has 0 spiro atoms. The molecule has 1 aromatic rings. The summed E-state index contributed by atoms with van der Waals surface area (Å²) in [6, 6.07) is 1.67. The Hall–Kier alpha value is -1.40. The Morgan fingerprint density at radius 2 is 2.29 bits per heavy atom. The van der Waals surface area contributed by atoms with Crippen molar-refractivity contribution in [3.8, 4) is 0 Å². The zero-order valence-corrected chi connectivity index (χ0v) is 10.1. The van der Waals surface area contributed by atoms with E-state index in [-0.39, 0.29) is 18.1 Å². The standard InChI is InChI=1S/C11H18N4O2/c1-14-6-8(5-9(16)7-14)13-11(17)10-3-4-12-15(10)2/h3-4,8-9,16H,5-7H2,1-2H3,(H,13,17). The Morgan fingerprint density at radius 1 is 1.53 bits per heavy atom. The highest BCUT2D eigenvalue weighted by Crippen LogP contribution is 2.09. The third-order valence-corrected chi connectivity index (χ3v) is 3.00. The third-order valence-electron chi connectivity index (χ3n) is 3.00. The fourth-order valence-electron chi connectivity index (χ4n) is 2.25. The summed E-state index contributed by atoms with van der Waals surface area (Å²) >= 11 is 0. The van der Waals surface area contributed by atoms with Crippen LogP contribution in [0.1, 0.15) is 16.9 Å². The molecule has 6 heteroatoms. The van der Waals surface area contributed by atoms with E-state index in [1.165, 1.54) is 4.68 Å². The molecule has 2 atom stereocenters. The summed E-state index contributed by atoms with van der Waals surface area (Å²) in [6.07, 6.45) is 1.83. The number of aromatic nitrogens is 2. The van der Waals surface area contributed by atoms with Crippen LogP contribution in [0.25, 0.3) is 0 Å². The van der Waals surface area contributed by atoms with Crippen molar-refractivity contribution >= 4 is 5.91 Å². The number of nitrogens with zero attached hydrogens (tertiary/aromatic N) is 3. The van der Waals surface area contributed by atoms with E-state index < -0.39 is 0 Å². The van der Waals surface area contributed by atoms with Gasteiger partial charge in [-0.2, -0.15) is 5.10 Å². The minimum atomic E-state index is -0.370. The van der Waals surface area contributed by atoms with Crippen LogP contribution >= 0.6 is 0 Å². The highest BCUT2D eigenvalue weighted by molar-refractivity contribution is 5.92. The van der Waals surface area contributed by atoms with Gasteiger partial charge in [0.15, 0.2) is 0 Å². The summed E-state index contributed by atoms with van der Waals surface area (Å²) in [7, 11) is 3.67. The van der Waals surface area contributed by atoms with E-state index in [2.05, 4.69) is 10.4 Å². The smallest absolute Gasteiger partial charge is 0.269 e. The average molecular weight is 238 g/mol. The van der Waals surface area contributed by atoms with Crippen molar-refractivity contribution in [2.24, 2.45) is 7.05 Å². The van der Waals surface area contributed by atoms with Gasteiger partial charge in [-0.1, -0.05) is 0 Å². The van der Waals surface area contributed by atoms with Gasteiger partial charge in [-0.3, -0.25) is 9.48 Å². The largest absolute Gasteiger partial charge is 0.392 e. The van der Waals surface area contributed by atoms with Crippen molar-refractivity contribution in [2.75, 3.05) is 20.1 Å². The molecule has 0 radical (unpaired) electrons. The molecule has 1 aromatic heterocycles. The second kappa shape index (κ2) is 4.85. The monoisotopic (exact) mass is 238 g/mol. The van der Waals surface area contributed by atoms with Gasteiger partial charge in [0.1, 0.15) is 5.69 Å². The van der Waals surface area contributed by atoms with Crippen LogP contribution in [0.15, 0.2) is 12.3 Å². The highest BCUT2D eigenvalue weighted by atomic mass is 16.3. The summed E-state index contributed by atoms with van der Waals surface area (Å²) in [5, 5.41) is 16.5. The topological polar surface area (TPSA) is 70.4 Å². The molecule has 2 rings (SSSR count). The zero-order chi connectivity index (χ0) is 12.4. The van der Waals surface area contributed by atoms with Gasteiger partial charge in [-0.15, -0.1) is 0 Å². The molecule has 1 saturated heterocycles. The quantitative estimate of drug-likeness (QED) is 0.709. The molecule has 0 aliphatic carbocycles. The molecule has 17 heavy (non-hydrogen) atoms. The van der Waals surface area contributed by atoms with Crippen LogP contribution in [0.5, 0.6) is 0 Å². The summed E-state index contributed by atoms with van der Waals surface area (Å²) in [5.74, 6) is -0.141. The second-order valence-corrected chi connectivity index (χ2v) is 4.62. The first-order valence-corrected chi connectivity index (χ1v) is 5.71. The first kappa shape index (κ1) is 12.1. The third kappa shape index (κ3) is 2.83. The van der Waals surface area contributed by atoms with Gasteiger partial charge >= 0.3 is 0 Å². The summed E-state index contributed by atoms with van der Waals surface area (Å²) < 4.78 is 1.54. The van der Waals surface area contributed by atoms with Crippen LogP contribution in [0.2, 0.25) is 0 Å². The predicted molar refractivity (Wildman–Crippen MR) is 62.6 cm³/mol. The number of likely N-dealkylation sites (N-methyl/N-ethyl adjacent to an activating group) is 1. The maximum Gasteiger partial charge on any atom is 0.269 e. The van der Waals surface area contributed by atoms with Crippen molar-refractivity contribution in [2.45, 2.75) is 18.6 Å². The molecular weight excluding hydrogens is 220 g/mol. The molecule has 0 bridgehead atoms. The number of carbonyl (C=O) groups is 1. The Labute approximate surface area is 100 Å². The second-order valence-electron chi connectivity index (χ2n) is 4.62. The SMILES string of the molecule is CN1CC(O)CC(NC(=O)c2ccnn2C)C1. The van der Waals surface area contributed by atoms with E-state index in [9.17, 15) is 9.90 Å². The van der Waals surface area contributed by atoms with Crippen LogP contribution in [-0.4, -0.2) is 58.0 Å². The number of hydrogen-bond donors (Lipinski definition) is 2. The maximum absolute atomic E-state index is 11.9. The molecule has 2 N–H and O–H groups in total. The lowest BCUT2D eigenvalue weighted by molar-refractivity contribution is 0.0600. The summed E-state index contributed by atoms with van der Waals surface area (Å²) in [6.45, 7) is 1.43. The lowest BCUT2D eigenvalue weighted by Gasteiger charge is -2.33. The van der Waals surface area contributed by atoms with Crippen LogP contribution in [0.4, 0.5) is 0 Å². The first-order chi connectivity index (χ1) is 8.06. The van der Waals surface area contributed by atoms with Gasteiger partial charge in [0, 0.05) is 32.4 Å². The number of aliphatic hydroxyl groups is 1. The van der Waals surface area contributed by atoms with Gasteiger partial charge in [0.25, 0.3) is 5.91 Å². The fourth-order valence-corrected chi connectivity index (χ4v) is 2.25. The molecule has 1 fully saturated rings. The normalized spacial score (nSPS) is 25.8. The van der Waals surface area contributed by atoms with Crippen LogP contribution in [-0.2, 0) is 7.05 Å². The molecule has 6 nitrogen and oxygen atoms in total. The Kier molecular flexibility index (Phi) is 3.44. The molecule has 1 aliphatic heterocycles. The van der Waals surface area contributed by atoms with Crippen LogP contribution < -0.4 is 5.32 Å². The molecular formula is C11H18N4O2. The Balaban J connectivity index is 1.97.